The molecule has 1 rings (SSSR count). The lowest BCUT2D eigenvalue weighted by atomic mass is 10.0. The van der Waals surface area contributed by atoms with Crippen LogP contribution in [0.25, 0.3) is 0 Å². The Morgan fingerprint density at radius 2 is 1.53 bits per heavy atom. The van der Waals surface area contributed by atoms with Gasteiger partial charge in [-0.2, -0.15) is 0 Å². The fourth-order valence-corrected chi connectivity index (χ4v) is 3.21. The summed E-state index contributed by atoms with van der Waals surface area (Å²) in [5.74, 6) is -5.33. The van der Waals surface area contributed by atoms with Crippen LogP contribution in [-0.4, -0.2) is 74.7 Å². The van der Waals surface area contributed by atoms with E-state index < -0.39 is 66.1 Å². The number of hydrogen-bond donors (Lipinski definition) is 8. The third-order valence-electron chi connectivity index (χ3n) is 5.00. The van der Waals surface area contributed by atoms with Crippen LogP contribution in [0.2, 0.25) is 0 Å². The number of carbonyl (C=O) groups is 6. The van der Waals surface area contributed by atoms with E-state index >= 15 is 0 Å². The van der Waals surface area contributed by atoms with Crippen molar-refractivity contribution in [2.24, 2.45) is 23.1 Å². The quantitative estimate of drug-likeness (QED) is 0.112. The predicted octanol–water partition coefficient (Wildman–Crippen LogP) is -2.99. The Bertz CT molecular complexity index is 935. The number of nitrogens with one attached hydrogen (secondary N) is 4. The molecule has 0 aliphatic carbocycles. The Labute approximate surface area is 207 Å². The molecule has 0 saturated carbocycles. The van der Waals surface area contributed by atoms with E-state index in [1.807, 2.05) is 0 Å². The smallest absolute Gasteiger partial charge is 0.326 e. The van der Waals surface area contributed by atoms with Crippen molar-refractivity contribution in [2.45, 2.75) is 70.1 Å². The summed E-state index contributed by atoms with van der Waals surface area (Å²) in [4.78, 5) is 78.7. The molecule has 1 heterocycles. The molecule has 0 aromatic carbocycles. The van der Waals surface area contributed by atoms with Gasteiger partial charge in [0.05, 0.1) is 18.8 Å². The summed E-state index contributed by atoms with van der Waals surface area (Å²) in [5.41, 5.74) is 16.3. The van der Waals surface area contributed by atoms with Crippen LogP contribution in [0.4, 0.5) is 0 Å². The maximum absolute atomic E-state index is 13.1. The number of aliphatic carboxylic acids is 1. The van der Waals surface area contributed by atoms with Gasteiger partial charge in [0.15, 0.2) is 0 Å². The Balaban J connectivity index is 3.05. The Morgan fingerprint density at radius 3 is 2.03 bits per heavy atom. The highest BCUT2D eigenvalue weighted by molar-refractivity contribution is 5.95. The van der Waals surface area contributed by atoms with Gasteiger partial charge in [0.25, 0.3) is 0 Å². The highest BCUT2D eigenvalue weighted by Gasteiger charge is 2.31. The molecule has 15 nitrogen and oxygen atoms in total. The first-order valence-corrected chi connectivity index (χ1v) is 11.2. The second-order valence-electron chi connectivity index (χ2n) is 8.71. The Morgan fingerprint density at radius 1 is 0.944 bits per heavy atom. The molecule has 36 heavy (non-hydrogen) atoms. The van der Waals surface area contributed by atoms with Crippen LogP contribution < -0.4 is 33.2 Å². The average Bonchev–Trinajstić information content (AvgIpc) is 3.27. The first-order chi connectivity index (χ1) is 16.8. The molecule has 15 heteroatoms. The van der Waals surface area contributed by atoms with Gasteiger partial charge in [0.2, 0.25) is 29.5 Å². The van der Waals surface area contributed by atoms with Crippen LogP contribution >= 0.6 is 0 Å². The van der Waals surface area contributed by atoms with Crippen molar-refractivity contribution in [3.05, 3.63) is 18.2 Å². The monoisotopic (exact) mass is 510 g/mol. The van der Waals surface area contributed by atoms with Gasteiger partial charge in [0.1, 0.15) is 18.1 Å². The van der Waals surface area contributed by atoms with Crippen molar-refractivity contribution < 1.29 is 33.9 Å². The third-order valence-corrected chi connectivity index (χ3v) is 5.00. The van der Waals surface area contributed by atoms with E-state index in [0.29, 0.717) is 5.69 Å². The summed E-state index contributed by atoms with van der Waals surface area (Å²) in [7, 11) is 0. The van der Waals surface area contributed by atoms with Gasteiger partial charge in [0, 0.05) is 24.7 Å². The van der Waals surface area contributed by atoms with Crippen LogP contribution in [0.1, 0.15) is 45.2 Å². The summed E-state index contributed by atoms with van der Waals surface area (Å²) in [6.07, 6.45) is 1.98. The zero-order valence-corrected chi connectivity index (χ0v) is 20.2. The number of primary amides is 2. The fraction of sp³-hybridized carbons (Fsp3) is 0.571. The summed E-state index contributed by atoms with van der Waals surface area (Å²) >= 11 is 0. The fourth-order valence-electron chi connectivity index (χ4n) is 3.21. The van der Waals surface area contributed by atoms with Crippen molar-refractivity contribution in [3.63, 3.8) is 0 Å². The molecule has 0 aliphatic rings. The number of nitrogens with zero attached hydrogens (tertiary/aromatic N) is 1. The number of nitrogens with two attached hydrogens (primary N) is 3. The van der Waals surface area contributed by atoms with Gasteiger partial charge in [-0.3, -0.25) is 24.0 Å². The highest BCUT2D eigenvalue weighted by Crippen LogP contribution is 2.09. The molecule has 4 atom stereocenters. The summed E-state index contributed by atoms with van der Waals surface area (Å²) in [6.45, 7) is 3.59. The maximum Gasteiger partial charge on any atom is 0.326 e. The lowest BCUT2D eigenvalue weighted by molar-refractivity contribution is -0.142. The molecule has 0 fully saturated rings. The third kappa shape index (κ3) is 10.9. The van der Waals surface area contributed by atoms with Crippen molar-refractivity contribution in [3.8, 4) is 0 Å². The number of carbonyl (C=O) groups excluding carboxylic acids is 5. The second-order valence-corrected chi connectivity index (χ2v) is 8.71. The number of carboxylic acid groups (broad SMARTS) is 1. The van der Waals surface area contributed by atoms with Gasteiger partial charge in [-0.25, -0.2) is 9.78 Å². The Kier molecular flexibility index (Phi) is 12.0. The molecule has 1 aromatic heterocycles. The van der Waals surface area contributed by atoms with Gasteiger partial charge in [-0.1, -0.05) is 13.8 Å². The SMILES string of the molecule is CC(C)CC(NC(=O)C(Cc1cnc[nH]1)NC(=O)C(N)CC(N)=O)C(=O)NC(CCC(N)=O)C(=O)O. The van der Waals surface area contributed by atoms with E-state index in [-0.39, 0.29) is 31.6 Å². The minimum atomic E-state index is -1.40. The molecule has 0 spiro atoms. The molecule has 0 bridgehead atoms. The highest BCUT2D eigenvalue weighted by atomic mass is 16.4. The zero-order valence-electron chi connectivity index (χ0n) is 20.2. The molecule has 0 radical (unpaired) electrons. The normalized spacial score (nSPS) is 14.2. The minimum Gasteiger partial charge on any atom is -0.480 e. The molecule has 0 saturated heterocycles. The van der Waals surface area contributed by atoms with Crippen molar-refractivity contribution in [2.75, 3.05) is 0 Å². The number of aromatic nitrogens is 2. The molecular formula is C21H34N8O7. The van der Waals surface area contributed by atoms with Crippen LogP contribution in [-0.2, 0) is 35.2 Å². The molecule has 11 N–H and O–H groups in total. The second kappa shape index (κ2) is 14.4. The van der Waals surface area contributed by atoms with Crippen LogP contribution in [0.15, 0.2) is 12.5 Å². The lowest BCUT2D eigenvalue weighted by Gasteiger charge is -2.26. The first-order valence-electron chi connectivity index (χ1n) is 11.2. The molecule has 4 unspecified atom stereocenters. The van der Waals surface area contributed by atoms with Crippen molar-refractivity contribution in [1.29, 1.82) is 0 Å². The van der Waals surface area contributed by atoms with Crippen LogP contribution in [0, 0.1) is 5.92 Å². The number of rotatable bonds is 16. The van der Waals surface area contributed by atoms with E-state index in [1.54, 1.807) is 13.8 Å². The summed E-state index contributed by atoms with van der Waals surface area (Å²) < 4.78 is 0. The number of imidazole rings is 1. The van der Waals surface area contributed by atoms with E-state index in [2.05, 4.69) is 25.9 Å². The Hall–Kier alpha value is -4.01. The molecule has 5 amide bonds. The van der Waals surface area contributed by atoms with Gasteiger partial charge < -0.3 is 43.2 Å². The average molecular weight is 511 g/mol. The molecule has 1 aromatic rings. The topological polar surface area (TPSA) is 265 Å². The summed E-state index contributed by atoms with van der Waals surface area (Å²) in [5, 5.41) is 16.7. The molecule has 0 aliphatic heterocycles. The number of H-pyrrole nitrogens is 1. The number of hydrogen-bond acceptors (Lipinski definition) is 8. The van der Waals surface area contributed by atoms with E-state index in [4.69, 9.17) is 17.2 Å². The minimum absolute atomic E-state index is 0.0484. The zero-order chi connectivity index (χ0) is 27.4. The van der Waals surface area contributed by atoms with Gasteiger partial charge in [-0.05, 0) is 18.8 Å². The first kappa shape index (κ1) is 30.0. The van der Waals surface area contributed by atoms with E-state index in [0.717, 1.165) is 0 Å². The predicted molar refractivity (Wildman–Crippen MR) is 125 cm³/mol. The van der Waals surface area contributed by atoms with E-state index in [9.17, 15) is 33.9 Å². The standard InChI is InChI=1S/C21H34N8O7/c1-10(2)5-14(19(33)27-13(21(35)36)3-4-16(23)30)29-20(34)15(6-11-8-25-9-26-11)28-18(32)12(22)7-17(24)31/h8-10,12-15H,3-7,22H2,1-2H3,(H2,23,30)(H2,24,31)(H,25,26)(H,27,33)(H,28,32)(H,29,34)(H,35,36). The largest absolute Gasteiger partial charge is 0.480 e. The van der Waals surface area contributed by atoms with Crippen LogP contribution in [0.5, 0.6) is 0 Å². The molecule has 200 valence electrons. The lowest BCUT2D eigenvalue weighted by Crippen LogP contribution is -2.58. The molecular weight excluding hydrogens is 476 g/mol. The number of aromatic amines is 1. The van der Waals surface area contributed by atoms with Gasteiger partial charge in [-0.15, -0.1) is 0 Å². The van der Waals surface area contributed by atoms with Crippen LogP contribution in [0.3, 0.4) is 0 Å². The maximum atomic E-state index is 13.1. The number of amides is 5. The van der Waals surface area contributed by atoms with Crippen molar-refractivity contribution >= 4 is 35.5 Å². The summed E-state index contributed by atoms with van der Waals surface area (Å²) in [6, 6.07) is -5.07. The van der Waals surface area contributed by atoms with Crippen molar-refractivity contribution in [1.82, 2.24) is 25.9 Å². The number of carboxylic acids is 1. The van der Waals surface area contributed by atoms with Gasteiger partial charge >= 0.3 is 5.97 Å². The van der Waals surface area contributed by atoms with E-state index in [1.165, 1.54) is 12.5 Å².